The van der Waals surface area contributed by atoms with Gasteiger partial charge in [0.25, 0.3) is 0 Å². The molecule has 0 spiro atoms. The zero-order valence-electron chi connectivity index (χ0n) is 6.77. The van der Waals surface area contributed by atoms with Crippen molar-refractivity contribution in [1.29, 1.82) is 5.26 Å². The van der Waals surface area contributed by atoms with Gasteiger partial charge in [-0.25, -0.2) is 0 Å². The van der Waals surface area contributed by atoms with Crippen molar-refractivity contribution >= 4 is 23.3 Å². The predicted molar refractivity (Wildman–Crippen MR) is 54.6 cm³/mol. The number of aromatic nitrogens is 1. The number of hydrogen-bond acceptors (Lipinski definition) is 3. The van der Waals surface area contributed by atoms with Crippen molar-refractivity contribution in [3.05, 3.63) is 35.7 Å². The lowest BCUT2D eigenvalue weighted by atomic mass is 10.2. The highest BCUT2D eigenvalue weighted by Crippen LogP contribution is 2.02. The number of nitrogens with zero attached hydrogens (tertiary/aromatic N) is 2. The first kappa shape index (κ1) is 9.36. The summed E-state index contributed by atoms with van der Waals surface area (Å²) in [6.07, 6.45) is 3.20. The van der Waals surface area contributed by atoms with E-state index in [4.69, 9.17) is 11.0 Å². The Morgan fingerprint density at radius 1 is 1.62 bits per heavy atom. The number of nitrogens with two attached hydrogens (primary N) is 1. The first-order chi connectivity index (χ1) is 6.24. The molecule has 0 radical (unpaired) electrons. The van der Waals surface area contributed by atoms with Crippen molar-refractivity contribution in [2.45, 2.75) is 0 Å². The van der Waals surface area contributed by atoms with Gasteiger partial charge in [-0.3, -0.25) is 4.98 Å². The van der Waals surface area contributed by atoms with Gasteiger partial charge in [0, 0.05) is 6.20 Å². The maximum Gasteiger partial charge on any atom is 0.114 e. The summed E-state index contributed by atoms with van der Waals surface area (Å²) in [7, 11) is 0. The van der Waals surface area contributed by atoms with Crippen LogP contribution in [-0.2, 0) is 0 Å². The molecule has 0 amide bonds. The fraction of sp³-hybridized carbons (Fsp3) is 0. The maximum atomic E-state index is 8.64. The van der Waals surface area contributed by atoms with Gasteiger partial charge in [-0.15, -0.1) is 0 Å². The minimum absolute atomic E-state index is 0.0909. The Balaban J connectivity index is 3.01. The topological polar surface area (TPSA) is 62.7 Å². The lowest BCUT2D eigenvalue weighted by Crippen LogP contribution is -2.09. The maximum absolute atomic E-state index is 8.64. The normalized spacial score (nSPS) is 10.5. The summed E-state index contributed by atoms with van der Waals surface area (Å²) in [6.45, 7) is 0. The predicted octanol–water partition coefficient (Wildman–Crippen LogP) is 1.27. The van der Waals surface area contributed by atoms with Crippen LogP contribution in [0.1, 0.15) is 5.69 Å². The third-order valence-electron chi connectivity index (χ3n) is 1.37. The van der Waals surface area contributed by atoms with Crippen molar-refractivity contribution in [3.63, 3.8) is 0 Å². The van der Waals surface area contributed by atoms with E-state index in [1.54, 1.807) is 24.4 Å². The smallest absolute Gasteiger partial charge is 0.114 e. The molecule has 0 aliphatic heterocycles. The van der Waals surface area contributed by atoms with Crippen LogP contribution in [0, 0.1) is 11.3 Å². The van der Waals surface area contributed by atoms with E-state index in [9.17, 15) is 0 Å². The first-order valence-corrected chi connectivity index (χ1v) is 3.97. The zero-order valence-corrected chi connectivity index (χ0v) is 7.58. The summed E-state index contributed by atoms with van der Waals surface area (Å²) >= 11 is 4.67. The fourth-order valence-electron chi connectivity index (χ4n) is 0.768. The zero-order chi connectivity index (χ0) is 9.68. The molecule has 0 fully saturated rings. The van der Waals surface area contributed by atoms with Crippen LogP contribution in [0.4, 0.5) is 0 Å². The van der Waals surface area contributed by atoms with Crippen LogP contribution in [0.2, 0.25) is 0 Å². The number of rotatable bonds is 2. The Kier molecular flexibility index (Phi) is 3.12. The molecule has 1 heterocycles. The summed E-state index contributed by atoms with van der Waals surface area (Å²) in [5.74, 6) is 0. The minimum Gasteiger partial charge on any atom is -0.389 e. The number of nitriles is 1. The van der Waals surface area contributed by atoms with Crippen LogP contribution in [0.5, 0.6) is 0 Å². The second-order valence-corrected chi connectivity index (χ2v) is 2.73. The van der Waals surface area contributed by atoms with E-state index in [0.717, 1.165) is 0 Å². The van der Waals surface area contributed by atoms with Gasteiger partial charge in [-0.2, -0.15) is 5.26 Å². The highest BCUT2D eigenvalue weighted by atomic mass is 32.1. The van der Waals surface area contributed by atoms with Gasteiger partial charge in [-0.05, 0) is 18.2 Å². The van der Waals surface area contributed by atoms with E-state index in [-0.39, 0.29) is 10.6 Å². The molecule has 0 unspecified atom stereocenters. The molecule has 13 heavy (non-hydrogen) atoms. The van der Waals surface area contributed by atoms with Crippen molar-refractivity contribution in [1.82, 2.24) is 4.98 Å². The van der Waals surface area contributed by atoms with Crippen molar-refractivity contribution in [2.75, 3.05) is 0 Å². The van der Waals surface area contributed by atoms with Crippen molar-refractivity contribution < 1.29 is 0 Å². The Morgan fingerprint density at radius 3 is 2.85 bits per heavy atom. The molecule has 0 aliphatic carbocycles. The molecule has 0 atom stereocenters. The third-order valence-corrected chi connectivity index (χ3v) is 1.59. The van der Waals surface area contributed by atoms with E-state index in [1.165, 1.54) is 0 Å². The molecule has 0 aromatic carbocycles. The van der Waals surface area contributed by atoms with E-state index in [2.05, 4.69) is 17.2 Å². The minimum atomic E-state index is 0.0909. The second-order valence-electron chi connectivity index (χ2n) is 2.29. The van der Waals surface area contributed by atoms with E-state index in [1.807, 2.05) is 12.1 Å². The number of thiocarbonyl (C=S) groups is 1. The Bertz CT molecular complexity index is 376. The molecular weight excluding hydrogens is 182 g/mol. The summed E-state index contributed by atoms with van der Waals surface area (Å²) in [6, 6.07) is 7.30. The molecule has 3 nitrogen and oxygen atoms in total. The van der Waals surface area contributed by atoms with Crippen LogP contribution >= 0.6 is 12.2 Å². The molecule has 2 N–H and O–H groups in total. The van der Waals surface area contributed by atoms with Gasteiger partial charge in [0.1, 0.15) is 11.1 Å². The monoisotopic (exact) mass is 189 g/mol. The van der Waals surface area contributed by atoms with Crippen LogP contribution in [0.25, 0.3) is 6.08 Å². The van der Waals surface area contributed by atoms with Crippen LogP contribution in [0.3, 0.4) is 0 Å². The molecule has 1 rings (SSSR count). The van der Waals surface area contributed by atoms with E-state index in [0.29, 0.717) is 5.69 Å². The average molecular weight is 189 g/mol. The Labute approximate surface area is 81.5 Å². The van der Waals surface area contributed by atoms with Crippen LogP contribution in [-0.4, -0.2) is 9.97 Å². The molecular formula is C9H7N3S. The molecule has 4 heteroatoms. The fourth-order valence-corrected chi connectivity index (χ4v) is 0.872. The second kappa shape index (κ2) is 4.33. The Morgan fingerprint density at radius 2 is 2.38 bits per heavy atom. The van der Waals surface area contributed by atoms with E-state index >= 15 is 0 Å². The summed E-state index contributed by atoms with van der Waals surface area (Å²) < 4.78 is 0. The molecule has 64 valence electrons. The van der Waals surface area contributed by atoms with Gasteiger partial charge >= 0.3 is 0 Å². The summed E-state index contributed by atoms with van der Waals surface area (Å²) in [5, 5.41) is 8.64. The standard InChI is InChI=1S/C9H7N3S/c10-6-7(9(11)13)5-8-3-1-2-4-12-8/h1-5H,(H2,11,13). The molecule has 0 aliphatic rings. The van der Waals surface area contributed by atoms with E-state index < -0.39 is 0 Å². The van der Waals surface area contributed by atoms with Crippen molar-refractivity contribution in [2.24, 2.45) is 5.73 Å². The van der Waals surface area contributed by atoms with Gasteiger partial charge in [0.05, 0.1) is 11.3 Å². The van der Waals surface area contributed by atoms with Gasteiger partial charge < -0.3 is 5.73 Å². The SMILES string of the molecule is N#CC(=Cc1ccccn1)C(N)=S. The molecule has 0 bridgehead atoms. The highest BCUT2D eigenvalue weighted by Gasteiger charge is 1.98. The highest BCUT2D eigenvalue weighted by molar-refractivity contribution is 7.80. The van der Waals surface area contributed by atoms with Crippen LogP contribution < -0.4 is 5.73 Å². The summed E-state index contributed by atoms with van der Waals surface area (Å²) in [5.41, 5.74) is 6.25. The molecule has 0 saturated heterocycles. The lowest BCUT2D eigenvalue weighted by molar-refractivity contribution is 1.29. The largest absolute Gasteiger partial charge is 0.389 e. The van der Waals surface area contributed by atoms with Gasteiger partial charge in [0.2, 0.25) is 0 Å². The molecule has 0 saturated carbocycles. The Hall–Kier alpha value is -1.73. The van der Waals surface area contributed by atoms with Crippen molar-refractivity contribution in [3.8, 4) is 6.07 Å². The third kappa shape index (κ3) is 2.65. The quantitative estimate of drug-likeness (QED) is 0.432. The molecule has 1 aromatic heterocycles. The number of pyridine rings is 1. The molecule has 1 aromatic rings. The average Bonchev–Trinajstić information content (AvgIpc) is 2.15. The van der Waals surface area contributed by atoms with Crippen LogP contribution in [0.15, 0.2) is 30.0 Å². The van der Waals surface area contributed by atoms with Gasteiger partial charge in [-0.1, -0.05) is 18.3 Å². The summed E-state index contributed by atoms with van der Waals surface area (Å²) in [4.78, 5) is 4.10. The van der Waals surface area contributed by atoms with Gasteiger partial charge in [0.15, 0.2) is 0 Å². The number of hydrogen-bond donors (Lipinski definition) is 1. The first-order valence-electron chi connectivity index (χ1n) is 3.56. The lowest BCUT2D eigenvalue weighted by Gasteiger charge is -1.93.